The minimum Gasteiger partial charge on any atom is -0.482 e. The van der Waals surface area contributed by atoms with E-state index < -0.39 is 5.97 Å². The summed E-state index contributed by atoms with van der Waals surface area (Å²) in [5.41, 5.74) is 0. The smallest absolute Gasteiger partial charge is 0.345 e. The molecule has 0 saturated heterocycles. The third-order valence-corrected chi connectivity index (χ3v) is 2.46. The molecule has 0 aliphatic rings. The molecule has 0 aliphatic heterocycles. The van der Waals surface area contributed by atoms with Crippen molar-refractivity contribution >= 4 is 5.97 Å². The molecule has 0 aromatic heterocycles. The van der Waals surface area contributed by atoms with Crippen molar-refractivity contribution in [3.05, 3.63) is 54.6 Å². The van der Waals surface area contributed by atoms with Crippen molar-refractivity contribution in [1.82, 2.24) is 0 Å². The summed E-state index contributed by atoms with van der Waals surface area (Å²) >= 11 is 0. The van der Waals surface area contributed by atoms with Gasteiger partial charge in [-0.2, -0.15) is 5.26 Å². The van der Waals surface area contributed by atoms with E-state index in [-0.39, 0.29) is 13.2 Å². The molecule has 0 aliphatic carbocycles. The van der Waals surface area contributed by atoms with Crippen LogP contribution in [0.15, 0.2) is 54.6 Å². The zero-order chi connectivity index (χ0) is 14.9. The molecule has 0 saturated carbocycles. The first-order valence-electron chi connectivity index (χ1n) is 6.26. The predicted octanol–water partition coefficient (Wildman–Crippen LogP) is 2.92. The maximum atomic E-state index is 11.2. The first kappa shape index (κ1) is 14.4. The van der Waals surface area contributed by atoms with Crippen molar-refractivity contribution < 1.29 is 19.0 Å². The molecule has 106 valence electrons. The van der Waals surface area contributed by atoms with E-state index in [0.717, 1.165) is 5.75 Å². The van der Waals surface area contributed by atoms with Crippen LogP contribution in [0, 0.1) is 11.3 Å². The first-order chi connectivity index (χ1) is 10.3. The Labute approximate surface area is 122 Å². The summed E-state index contributed by atoms with van der Waals surface area (Å²) in [4.78, 5) is 11.2. The molecular weight excluding hydrogens is 270 g/mol. The van der Waals surface area contributed by atoms with E-state index in [1.54, 1.807) is 30.3 Å². The number of hydrogen-bond acceptors (Lipinski definition) is 5. The highest BCUT2D eigenvalue weighted by Crippen LogP contribution is 2.23. The van der Waals surface area contributed by atoms with Gasteiger partial charge < -0.3 is 14.2 Å². The second-order valence-electron chi connectivity index (χ2n) is 3.99. The number of esters is 1. The van der Waals surface area contributed by atoms with Gasteiger partial charge in [0.2, 0.25) is 0 Å². The quantitative estimate of drug-likeness (QED) is 0.762. The van der Waals surface area contributed by atoms with E-state index in [4.69, 9.17) is 14.7 Å². The second-order valence-corrected chi connectivity index (χ2v) is 3.99. The van der Waals surface area contributed by atoms with Crippen LogP contribution < -0.4 is 9.47 Å². The number of benzene rings is 2. The van der Waals surface area contributed by atoms with Gasteiger partial charge in [-0.15, -0.1) is 0 Å². The van der Waals surface area contributed by atoms with Crippen LogP contribution in [0.3, 0.4) is 0 Å². The molecule has 0 bridgehead atoms. The van der Waals surface area contributed by atoms with Crippen molar-refractivity contribution in [3.8, 4) is 23.3 Å². The maximum Gasteiger partial charge on any atom is 0.345 e. The van der Waals surface area contributed by atoms with E-state index >= 15 is 0 Å². The van der Waals surface area contributed by atoms with Gasteiger partial charge in [0.25, 0.3) is 0 Å². The second kappa shape index (κ2) is 7.56. The Balaban J connectivity index is 1.85. The lowest BCUT2D eigenvalue weighted by Gasteiger charge is -2.07. The van der Waals surface area contributed by atoms with Crippen LogP contribution in [-0.4, -0.2) is 19.2 Å². The Morgan fingerprint density at radius 3 is 2.24 bits per heavy atom. The lowest BCUT2D eigenvalue weighted by molar-refractivity contribution is -0.144. The molecule has 0 unspecified atom stereocenters. The molecule has 21 heavy (non-hydrogen) atoms. The lowest BCUT2D eigenvalue weighted by atomic mass is 10.3. The number of nitrogens with zero attached hydrogens (tertiary/aromatic N) is 1. The van der Waals surface area contributed by atoms with E-state index in [0.29, 0.717) is 11.5 Å². The summed E-state index contributed by atoms with van der Waals surface area (Å²) in [5, 5.41) is 8.27. The highest BCUT2D eigenvalue weighted by atomic mass is 16.6. The topological polar surface area (TPSA) is 68.5 Å². The molecule has 0 fully saturated rings. The summed E-state index contributed by atoms with van der Waals surface area (Å²) in [5.74, 6) is 1.34. The summed E-state index contributed by atoms with van der Waals surface area (Å²) in [7, 11) is 0. The Bertz CT molecular complexity index is 617. The number of rotatable bonds is 6. The van der Waals surface area contributed by atoms with Gasteiger partial charge >= 0.3 is 5.97 Å². The van der Waals surface area contributed by atoms with Gasteiger partial charge in [0.1, 0.15) is 23.3 Å². The standard InChI is InChI=1S/C16H13NO4/c17-10-11-19-16(18)12-20-13-6-8-15(9-7-13)21-14-4-2-1-3-5-14/h1-9H,11-12H2. The lowest BCUT2D eigenvalue weighted by Crippen LogP contribution is -2.14. The zero-order valence-electron chi connectivity index (χ0n) is 11.2. The Morgan fingerprint density at radius 1 is 0.952 bits per heavy atom. The van der Waals surface area contributed by atoms with Crippen molar-refractivity contribution in [3.63, 3.8) is 0 Å². The summed E-state index contributed by atoms with van der Waals surface area (Å²) in [6, 6.07) is 18.0. The van der Waals surface area contributed by atoms with Crippen LogP contribution in [0.2, 0.25) is 0 Å². The third-order valence-electron chi connectivity index (χ3n) is 2.46. The van der Waals surface area contributed by atoms with Crippen LogP contribution >= 0.6 is 0 Å². The van der Waals surface area contributed by atoms with Crippen LogP contribution in [0.4, 0.5) is 0 Å². The maximum absolute atomic E-state index is 11.2. The van der Waals surface area contributed by atoms with Crippen LogP contribution in [0.5, 0.6) is 17.2 Å². The molecule has 5 heteroatoms. The monoisotopic (exact) mass is 283 g/mol. The molecule has 2 rings (SSSR count). The number of carbonyl (C=O) groups is 1. The normalized spacial score (nSPS) is 9.48. The minimum absolute atomic E-state index is 0.236. The van der Waals surface area contributed by atoms with E-state index in [1.807, 2.05) is 30.3 Å². The average Bonchev–Trinajstić information content (AvgIpc) is 2.53. The Morgan fingerprint density at radius 2 is 1.57 bits per heavy atom. The highest BCUT2D eigenvalue weighted by molar-refractivity contribution is 5.71. The summed E-state index contributed by atoms with van der Waals surface area (Å²) in [6.07, 6.45) is 0. The molecule has 0 spiro atoms. The number of hydrogen-bond donors (Lipinski definition) is 0. The zero-order valence-corrected chi connectivity index (χ0v) is 11.2. The van der Waals surface area contributed by atoms with Crippen molar-refractivity contribution in [2.24, 2.45) is 0 Å². The van der Waals surface area contributed by atoms with Crippen molar-refractivity contribution in [2.45, 2.75) is 0 Å². The molecule has 2 aromatic rings. The van der Waals surface area contributed by atoms with Gasteiger partial charge in [-0.3, -0.25) is 0 Å². The van der Waals surface area contributed by atoms with E-state index in [2.05, 4.69) is 4.74 Å². The number of carbonyl (C=O) groups excluding carboxylic acids is 1. The largest absolute Gasteiger partial charge is 0.482 e. The fraction of sp³-hybridized carbons (Fsp3) is 0.125. The highest BCUT2D eigenvalue weighted by Gasteiger charge is 2.04. The van der Waals surface area contributed by atoms with Gasteiger partial charge in [0.15, 0.2) is 13.2 Å². The molecule has 0 atom stereocenters. The molecule has 0 heterocycles. The molecule has 2 aromatic carbocycles. The Kier molecular flexibility index (Phi) is 5.18. The Hall–Kier alpha value is -3.00. The van der Waals surface area contributed by atoms with Crippen molar-refractivity contribution in [1.29, 1.82) is 5.26 Å². The van der Waals surface area contributed by atoms with Gasteiger partial charge in [-0.25, -0.2) is 4.79 Å². The average molecular weight is 283 g/mol. The molecular formula is C16H13NO4. The molecule has 0 amide bonds. The summed E-state index contributed by atoms with van der Waals surface area (Å²) < 4.78 is 15.4. The minimum atomic E-state index is -0.582. The third kappa shape index (κ3) is 4.88. The number of nitriles is 1. The van der Waals surface area contributed by atoms with E-state index in [1.165, 1.54) is 0 Å². The van der Waals surface area contributed by atoms with E-state index in [9.17, 15) is 4.79 Å². The first-order valence-corrected chi connectivity index (χ1v) is 6.26. The molecule has 5 nitrogen and oxygen atoms in total. The summed E-state index contributed by atoms with van der Waals surface area (Å²) in [6.45, 7) is -0.507. The van der Waals surface area contributed by atoms with Crippen LogP contribution in [-0.2, 0) is 9.53 Å². The van der Waals surface area contributed by atoms with Gasteiger partial charge in [-0.05, 0) is 36.4 Å². The van der Waals surface area contributed by atoms with Gasteiger partial charge in [0.05, 0.1) is 0 Å². The van der Waals surface area contributed by atoms with Crippen LogP contribution in [0.25, 0.3) is 0 Å². The fourth-order valence-corrected chi connectivity index (χ4v) is 1.53. The fourth-order valence-electron chi connectivity index (χ4n) is 1.53. The van der Waals surface area contributed by atoms with Crippen molar-refractivity contribution in [2.75, 3.05) is 13.2 Å². The van der Waals surface area contributed by atoms with Crippen LogP contribution in [0.1, 0.15) is 0 Å². The molecule has 0 N–H and O–H groups in total. The predicted molar refractivity (Wildman–Crippen MR) is 75.0 cm³/mol. The number of ether oxygens (including phenoxy) is 3. The van der Waals surface area contributed by atoms with Gasteiger partial charge in [0, 0.05) is 0 Å². The SMILES string of the molecule is N#CCOC(=O)COc1ccc(Oc2ccccc2)cc1. The van der Waals surface area contributed by atoms with Gasteiger partial charge in [-0.1, -0.05) is 18.2 Å². The number of para-hydroxylation sites is 1. The molecule has 0 radical (unpaired) electrons.